The Balaban J connectivity index is 1.56. The van der Waals surface area contributed by atoms with Gasteiger partial charge in [0.2, 0.25) is 11.8 Å². The third kappa shape index (κ3) is 3.11. The summed E-state index contributed by atoms with van der Waals surface area (Å²) in [6, 6.07) is 15.2. The minimum atomic E-state index is -0.198. The summed E-state index contributed by atoms with van der Waals surface area (Å²) in [5, 5.41) is 11.8. The molecule has 4 rings (SSSR count). The molecule has 0 saturated heterocycles. The van der Waals surface area contributed by atoms with Gasteiger partial charge >= 0.3 is 0 Å². The number of amides is 1. The number of nitrogens with one attached hydrogen (secondary N) is 1. The molecule has 0 saturated carbocycles. The van der Waals surface area contributed by atoms with Crippen molar-refractivity contribution in [1.29, 1.82) is 0 Å². The Morgan fingerprint density at radius 1 is 1.18 bits per heavy atom. The molecule has 0 spiro atoms. The number of rotatable bonds is 5. The van der Waals surface area contributed by atoms with E-state index in [1.54, 1.807) is 7.11 Å². The summed E-state index contributed by atoms with van der Waals surface area (Å²) >= 11 is 0. The number of benzene rings is 2. The fourth-order valence-electron chi connectivity index (χ4n) is 3.23. The van der Waals surface area contributed by atoms with E-state index < -0.39 is 0 Å². The minimum Gasteiger partial charge on any atom is -0.497 e. The second kappa shape index (κ2) is 7.19. The first-order valence-corrected chi connectivity index (χ1v) is 8.87. The first kappa shape index (κ1) is 17.8. The number of carbonyl (C=O) groups is 1. The summed E-state index contributed by atoms with van der Waals surface area (Å²) in [5.41, 5.74) is 3.28. The molecule has 0 aliphatic heterocycles. The van der Waals surface area contributed by atoms with E-state index >= 15 is 0 Å². The SMILES string of the molecule is COc1ccc2c(c1)c(C(=O)NCc1nnc(-c3ccccc3)o1)c(C)n2C. The van der Waals surface area contributed by atoms with Gasteiger partial charge in [-0.2, -0.15) is 0 Å². The lowest BCUT2D eigenvalue weighted by atomic mass is 10.1. The first-order chi connectivity index (χ1) is 13.6. The maximum atomic E-state index is 12.9. The molecule has 4 aromatic rings. The lowest BCUT2D eigenvalue weighted by molar-refractivity contribution is 0.0948. The summed E-state index contributed by atoms with van der Waals surface area (Å²) < 4.78 is 12.9. The Morgan fingerprint density at radius 3 is 2.71 bits per heavy atom. The molecule has 0 bridgehead atoms. The quantitative estimate of drug-likeness (QED) is 0.577. The molecular formula is C21H20N4O3. The van der Waals surface area contributed by atoms with Crippen LogP contribution < -0.4 is 10.1 Å². The highest BCUT2D eigenvalue weighted by Gasteiger charge is 2.19. The van der Waals surface area contributed by atoms with Gasteiger partial charge in [-0.1, -0.05) is 18.2 Å². The van der Waals surface area contributed by atoms with Gasteiger partial charge < -0.3 is 19.0 Å². The Labute approximate surface area is 161 Å². The highest BCUT2D eigenvalue weighted by Crippen LogP contribution is 2.28. The molecule has 2 aromatic heterocycles. The Hall–Kier alpha value is -3.61. The lowest BCUT2D eigenvalue weighted by Crippen LogP contribution is -2.23. The van der Waals surface area contributed by atoms with Crippen molar-refractivity contribution in [2.45, 2.75) is 13.5 Å². The van der Waals surface area contributed by atoms with E-state index in [1.807, 2.05) is 67.1 Å². The number of ether oxygens (including phenoxy) is 1. The zero-order valence-corrected chi connectivity index (χ0v) is 15.9. The predicted octanol–water partition coefficient (Wildman–Crippen LogP) is 3.48. The van der Waals surface area contributed by atoms with Crippen LogP contribution in [0.3, 0.4) is 0 Å². The summed E-state index contributed by atoms with van der Waals surface area (Å²) in [5.74, 6) is 1.28. The molecule has 142 valence electrons. The topological polar surface area (TPSA) is 82.2 Å². The number of carbonyl (C=O) groups excluding carboxylic acids is 1. The van der Waals surface area contributed by atoms with E-state index in [9.17, 15) is 4.79 Å². The molecule has 0 unspecified atom stereocenters. The molecule has 7 heteroatoms. The van der Waals surface area contributed by atoms with Gasteiger partial charge in [-0.15, -0.1) is 10.2 Å². The molecule has 1 N–H and O–H groups in total. The molecule has 0 aliphatic rings. The van der Waals surface area contributed by atoms with Gasteiger partial charge in [-0.3, -0.25) is 4.79 Å². The Kier molecular flexibility index (Phi) is 4.57. The molecular weight excluding hydrogens is 356 g/mol. The van der Waals surface area contributed by atoms with Crippen molar-refractivity contribution in [2.75, 3.05) is 7.11 Å². The molecule has 2 aromatic carbocycles. The van der Waals surface area contributed by atoms with Gasteiger partial charge in [0.1, 0.15) is 5.75 Å². The van der Waals surface area contributed by atoms with Crippen LogP contribution in [0, 0.1) is 6.92 Å². The van der Waals surface area contributed by atoms with E-state index in [0.717, 1.165) is 22.2 Å². The molecule has 2 heterocycles. The van der Waals surface area contributed by atoms with Crippen LogP contribution in [0.2, 0.25) is 0 Å². The molecule has 0 fully saturated rings. The van der Waals surface area contributed by atoms with Crippen molar-refractivity contribution in [3.63, 3.8) is 0 Å². The van der Waals surface area contributed by atoms with Crippen molar-refractivity contribution in [3.8, 4) is 17.2 Å². The van der Waals surface area contributed by atoms with Crippen LogP contribution in [-0.2, 0) is 13.6 Å². The number of methoxy groups -OCH3 is 1. The number of nitrogens with zero attached hydrogens (tertiary/aromatic N) is 3. The van der Waals surface area contributed by atoms with E-state index in [4.69, 9.17) is 9.15 Å². The molecule has 0 radical (unpaired) electrons. The Morgan fingerprint density at radius 2 is 1.96 bits per heavy atom. The molecule has 7 nitrogen and oxygen atoms in total. The summed E-state index contributed by atoms with van der Waals surface area (Å²) in [4.78, 5) is 12.9. The van der Waals surface area contributed by atoms with Gasteiger partial charge in [-0.25, -0.2) is 0 Å². The van der Waals surface area contributed by atoms with Crippen LogP contribution in [-0.4, -0.2) is 27.8 Å². The van der Waals surface area contributed by atoms with Gasteiger partial charge in [-0.05, 0) is 37.3 Å². The molecule has 1 amide bonds. The number of hydrogen-bond acceptors (Lipinski definition) is 5. The summed E-state index contributed by atoms with van der Waals surface area (Å²) in [6.45, 7) is 2.07. The number of hydrogen-bond donors (Lipinski definition) is 1. The van der Waals surface area contributed by atoms with Gasteiger partial charge in [0.15, 0.2) is 0 Å². The van der Waals surface area contributed by atoms with E-state index in [1.165, 1.54) is 0 Å². The molecule has 0 atom stereocenters. The van der Waals surface area contributed by atoms with Gasteiger partial charge in [0.25, 0.3) is 5.91 Å². The zero-order valence-electron chi connectivity index (χ0n) is 15.9. The summed E-state index contributed by atoms with van der Waals surface area (Å²) in [7, 11) is 3.54. The Bertz CT molecular complexity index is 1150. The summed E-state index contributed by atoms with van der Waals surface area (Å²) in [6.07, 6.45) is 0. The van der Waals surface area contributed by atoms with Crippen LogP contribution in [0.25, 0.3) is 22.4 Å². The minimum absolute atomic E-state index is 0.151. The van der Waals surface area contributed by atoms with Crippen molar-refractivity contribution >= 4 is 16.8 Å². The van der Waals surface area contributed by atoms with Gasteiger partial charge in [0, 0.05) is 29.2 Å². The van der Waals surface area contributed by atoms with Crippen molar-refractivity contribution in [2.24, 2.45) is 7.05 Å². The third-order valence-corrected chi connectivity index (χ3v) is 4.81. The fraction of sp³-hybridized carbons (Fsp3) is 0.190. The highest BCUT2D eigenvalue weighted by molar-refractivity contribution is 6.08. The van der Waals surface area contributed by atoms with Crippen LogP contribution in [0.4, 0.5) is 0 Å². The second-order valence-corrected chi connectivity index (χ2v) is 6.45. The van der Waals surface area contributed by atoms with Gasteiger partial charge in [0.05, 0.1) is 19.2 Å². The monoisotopic (exact) mass is 376 g/mol. The maximum Gasteiger partial charge on any atom is 0.254 e. The maximum absolute atomic E-state index is 12.9. The molecule has 0 aliphatic carbocycles. The standard InChI is InChI=1S/C21H20N4O3/c1-13-19(16-11-15(27-3)9-10-17(16)25(13)2)20(26)22-12-18-23-24-21(28-18)14-7-5-4-6-8-14/h4-11H,12H2,1-3H3,(H,22,26). The van der Waals surface area contributed by atoms with E-state index in [2.05, 4.69) is 15.5 Å². The molecule has 28 heavy (non-hydrogen) atoms. The van der Waals surface area contributed by atoms with Crippen LogP contribution in [0.5, 0.6) is 5.75 Å². The number of aryl methyl sites for hydroxylation is 1. The average Bonchev–Trinajstić information content (AvgIpc) is 3.30. The number of aromatic nitrogens is 3. The van der Waals surface area contributed by atoms with Crippen molar-refractivity contribution in [1.82, 2.24) is 20.1 Å². The number of fused-ring (bicyclic) bond motifs is 1. The average molecular weight is 376 g/mol. The van der Waals surface area contributed by atoms with Crippen LogP contribution in [0.15, 0.2) is 52.9 Å². The van der Waals surface area contributed by atoms with Crippen molar-refractivity contribution in [3.05, 3.63) is 65.7 Å². The smallest absolute Gasteiger partial charge is 0.254 e. The fourth-order valence-corrected chi connectivity index (χ4v) is 3.23. The van der Waals surface area contributed by atoms with E-state index in [0.29, 0.717) is 23.1 Å². The van der Waals surface area contributed by atoms with Crippen molar-refractivity contribution < 1.29 is 13.9 Å². The predicted molar refractivity (Wildman–Crippen MR) is 105 cm³/mol. The zero-order chi connectivity index (χ0) is 19.7. The first-order valence-electron chi connectivity index (χ1n) is 8.87. The third-order valence-electron chi connectivity index (χ3n) is 4.81. The second-order valence-electron chi connectivity index (χ2n) is 6.45. The van der Waals surface area contributed by atoms with Crippen LogP contribution >= 0.6 is 0 Å². The largest absolute Gasteiger partial charge is 0.497 e. The normalized spacial score (nSPS) is 11.0. The highest BCUT2D eigenvalue weighted by atomic mass is 16.5. The lowest BCUT2D eigenvalue weighted by Gasteiger charge is -2.04. The van der Waals surface area contributed by atoms with Crippen LogP contribution in [0.1, 0.15) is 21.9 Å². The van der Waals surface area contributed by atoms with E-state index in [-0.39, 0.29) is 12.5 Å².